The molecule has 30 heavy (non-hydrogen) atoms. The van der Waals surface area contributed by atoms with Gasteiger partial charge in [-0.1, -0.05) is 0 Å². The molecule has 1 fully saturated rings. The van der Waals surface area contributed by atoms with Crippen molar-refractivity contribution in [2.24, 2.45) is 0 Å². The number of urea groups is 1. The highest BCUT2D eigenvalue weighted by Gasteiger charge is 2.29. The molecule has 1 atom stereocenters. The molecule has 2 aromatic rings. The van der Waals surface area contributed by atoms with Crippen LogP contribution in [0.25, 0.3) is 11.4 Å². The number of fused-ring (bicyclic) bond motifs is 1. The Balaban J connectivity index is 1.61. The quantitative estimate of drug-likeness (QED) is 0.683. The van der Waals surface area contributed by atoms with Crippen LogP contribution in [-0.4, -0.2) is 72.0 Å². The van der Waals surface area contributed by atoms with Gasteiger partial charge in [0.2, 0.25) is 0 Å². The van der Waals surface area contributed by atoms with Crippen molar-refractivity contribution in [2.75, 3.05) is 50.2 Å². The number of morpholine rings is 1. The van der Waals surface area contributed by atoms with Crippen LogP contribution in [0.3, 0.4) is 0 Å². The molecule has 0 aliphatic carbocycles. The molecule has 1 unspecified atom stereocenters. The zero-order chi connectivity index (χ0) is 21.1. The van der Waals surface area contributed by atoms with Gasteiger partial charge in [-0.2, -0.15) is 0 Å². The van der Waals surface area contributed by atoms with E-state index in [2.05, 4.69) is 34.4 Å². The van der Waals surface area contributed by atoms with E-state index < -0.39 is 0 Å². The number of hydrogen-bond donors (Lipinski definition) is 3. The largest absolute Gasteiger partial charge is 0.395 e. The van der Waals surface area contributed by atoms with E-state index in [0.29, 0.717) is 24.7 Å². The Morgan fingerprint density at radius 1 is 1.27 bits per heavy atom. The smallest absolute Gasteiger partial charge is 0.319 e. The van der Waals surface area contributed by atoms with Gasteiger partial charge in [0, 0.05) is 43.0 Å². The van der Waals surface area contributed by atoms with Gasteiger partial charge in [0.05, 0.1) is 31.6 Å². The van der Waals surface area contributed by atoms with Gasteiger partial charge in [0.25, 0.3) is 0 Å². The van der Waals surface area contributed by atoms with E-state index in [-0.39, 0.29) is 25.2 Å². The summed E-state index contributed by atoms with van der Waals surface area (Å²) in [7, 11) is 2.09. The van der Waals surface area contributed by atoms with Gasteiger partial charge in [-0.3, -0.25) is 4.90 Å². The summed E-state index contributed by atoms with van der Waals surface area (Å²) in [4.78, 5) is 26.1. The molecule has 0 saturated carbocycles. The van der Waals surface area contributed by atoms with E-state index in [0.717, 1.165) is 36.7 Å². The minimum Gasteiger partial charge on any atom is -0.395 e. The van der Waals surface area contributed by atoms with Crippen molar-refractivity contribution in [1.82, 2.24) is 20.2 Å². The van der Waals surface area contributed by atoms with Gasteiger partial charge in [0.1, 0.15) is 5.82 Å². The first kappa shape index (κ1) is 20.5. The Morgan fingerprint density at radius 2 is 2.07 bits per heavy atom. The van der Waals surface area contributed by atoms with Crippen LogP contribution in [0, 0.1) is 0 Å². The van der Waals surface area contributed by atoms with Crippen molar-refractivity contribution in [3.8, 4) is 11.4 Å². The lowest BCUT2D eigenvalue weighted by atomic mass is 10.1. The molecule has 3 heterocycles. The molecule has 1 saturated heterocycles. The lowest BCUT2D eigenvalue weighted by Crippen LogP contribution is -2.44. The van der Waals surface area contributed by atoms with Crippen molar-refractivity contribution in [1.29, 1.82) is 0 Å². The Hall–Kier alpha value is -2.75. The third kappa shape index (κ3) is 4.38. The Kier molecular flexibility index (Phi) is 6.12. The van der Waals surface area contributed by atoms with Crippen molar-refractivity contribution in [2.45, 2.75) is 26.1 Å². The number of carbonyl (C=O) groups excluding carboxylic acids is 1. The first-order valence-electron chi connectivity index (χ1n) is 10.2. The number of ether oxygens (including phenoxy) is 1. The van der Waals surface area contributed by atoms with Gasteiger partial charge >= 0.3 is 6.03 Å². The number of benzene rings is 1. The van der Waals surface area contributed by atoms with Gasteiger partial charge in [0.15, 0.2) is 5.82 Å². The minimum absolute atomic E-state index is 0.0959. The summed E-state index contributed by atoms with van der Waals surface area (Å²) in [5.41, 5.74) is 3.84. The van der Waals surface area contributed by atoms with E-state index in [1.54, 1.807) is 0 Å². The van der Waals surface area contributed by atoms with Crippen LogP contribution in [0.15, 0.2) is 24.3 Å². The van der Waals surface area contributed by atoms with Gasteiger partial charge in [-0.15, -0.1) is 0 Å². The number of anilines is 2. The maximum absolute atomic E-state index is 11.8. The van der Waals surface area contributed by atoms with Gasteiger partial charge in [-0.05, 0) is 38.2 Å². The van der Waals surface area contributed by atoms with E-state index in [1.165, 1.54) is 5.56 Å². The molecule has 0 radical (unpaired) electrons. The Bertz CT molecular complexity index is 904. The zero-order valence-electron chi connectivity index (χ0n) is 17.4. The van der Waals surface area contributed by atoms with Crippen LogP contribution in [0.2, 0.25) is 0 Å². The number of aromatic nitrogens is 2. The molecule has 1 aromatic carbocycles. The number of rotatable bonds is 5. The normalized spacial score (nSPS) is 18.9. The van der Waals surface area contributed by atoms with E-state index >= 15 is 0 Å². The number of nitrogens with one attached hydrogen (secondary N) is 2. The van der Waals surface area contributed by atoms with Crippen molar-refractivity contribution in [3.63, 3.8) is 0 Å². The maximum Gasteiger partial charge on any atom is 0.319 e. The monoisotopic (exact) mass is 412 g/mol. The van der Waals surface area contributed by atoms with Crippen LogP contribution in [0.5, 0.6) is 0 Å². The fraction of sp³-hybridized carbons (Fsp3) is 0.476. The third-order valence-corrected chi connectivity index (χ3v) is 5.36. The molecule has 9 nitrogen and oxygen atoms in total. The summed E-state index contributed by atoms with van der Waals surface area (Å²) in [6.07, 6.45) is 0. The molecule has 2 amide bonds. The number of aliphatic hydroxyl groups is 1. The summed E-state index contributed by atoms with van der Waals surface area (Å²) >= 11 is 0. The topological polar surface area (TPSA) is 103 Å². The Morgan fingerprint density at radius 3 is 2.80 bits per heavy atom. The fourth-order valence-corrected chi connectivity index (χ4v) is 3.85. The molecule has 0 bridgehead atoms. The Labute approximate surface area is 176 Å². The number of hydrogen-bond acceptors (Lipinski definition) is 7. The van der Waals surface area contributed by atoms with Crippen molar-refractivity contribution < 1.29 is 14.6 Å². The molecular formula is C21H28N6O3. The highest BCUT2D eigenvalue weighted by atomic mass is 16.5. The molecule has 160 valence electrons. The summed E-state index contributed by atoms with van der Waals surface area (Å²) < 4.78 is 5.61. The second kappa shape index (κ2) is 8.95. The van der Waals surface area contributed by atoms with Gasteiger partial charge in [-0.25, -0.2) is 14.8 Å². The molecule has 2 aliphatic rings. The third-order valence-electron chi connectivity index (χ3n) is 5.36. The zero-order valence-corrected chi connectivity index (χ0v) is 17.4. The molecular weight excluding hydrogens is 384 g/mol. The summed E-state index contributed by atoms with van der Waals surface area (Å²) in [5.74, 6) is 1.69. The molecule has 0 spiro atoms. The average Bonchev–Trinajstić information content (AvgIpc) is 3.13. The van der Waals surface area contributed by atoms with Crippen molar-refractivity contribution >= 4 is 17.5 Å². The number of aliphatic hydroxyl groups excluding tert-OH is 1. The van der Waals surface area contributed by atoms with Crippen LogP contribution < -0.4 is 15.5 Å². The first-order valence-corrected chi connectivity index (χ1v) is 10.2. The summed E-state index contributed by atoms with van der Waals surface area (Å²) in [6.45, 7) is 6.15. The average molecular weight is 412 g/mol. The van der Waals surface area contributed by atoms with Crippen LogP contribution in [-0.2, 0) is 17.8 Å². The predicted octanol–water partition coefficient (Wildman–Crippen LogP) is 1.43. The summed E-state index contributed by atoms with van der Waals surface area (Å²) in [6, 6.07) is 7.39. The number of amides is 2. The van der Waals surface area contributed by atoms with Gasteiger partial charge < -0.3 is 25.4 Å². The molecule has 2 aliphatic heterocycles. The molecule has 4 rings (SSSR count). The maximum atomic E-state index is 11.8. The van der Waals surface area contributed by atoms with E-state index in [1.807, 2.05) is 24.3 Å². The number of carbonyl (C=O) groups is 1. The molecule has 9 heteroatoms. The van der Waals surface area contributed by atoms with E-state index in [9.17, 15) is 4.79 Å². The highest BCUT2D eigenvalue weighted by Crippen LogP contribution is 2.32. The lowest BCUT2D eigenvalue weighted by molar-refractivity contribution is 0.0984. The minimum atomic E-state index is -0.350. The molecule has 1 aromatic heterocycles. The lowest BCUT2D eigenvalue weighted by Gasteiger charge is -2.35. The fourth-order valence-electron chi connectivity index (χ4n) is 3.85. The number of nitrogens with zero attached hydrogens (tertiary/aromatic N) is 4. The highest BCUT2D eigenvalue weighted by molar-refractivity contribution is 5.89. The first-order chi connectivity index (χ1) is 14.5. The van der Waals surface area contributed by atoms with Crippen LogP contribution >= 0.6 is 0 Å². The molecule has 3 N–H and O–H groups in total. The predicted molar refractivity (Wildman–Crippen MR) is 114 cm³/mol. The second-order valence-electron chi connectivity index (χ2n) is 7.77. The second-order valence-corrected chi connectivity index (χ2v) is 7.77. The van der Waals surface area contributed by atoms with Crippen LogP contribution in [0.4, 0.5) is 16.3 Å². The van der Waals surface area contributed by atoms with Crippen molar-refractivity contribution in [3.05, 3.63) is 35.5 Å². The van der Waals surface area contributed by atoms with Crippen LogP contribution in [0.1, 0.15) is 18.2 Å². The SMILES string of the molecule is CC1COCCN1c1nc(-c2ccc(NC(=O)NCCO)cc2)nc2c1CN(C)C2. The summed E-state index contributed by atoms with van der Waals surface area (Å²) in [5, 5.41) is 14.1. The standard InChI is InChI=1S/C21H28N6O3/c1-14-13-30-10-8-27(14)20-17-11-26(2)12-18(17)24-19(25-20)15-3-5-16(6-4-15)23-21(29)22-7-9-28/h3-6,14,28H,7-13H2,1-2H3,(H2,22,23,29). The van der Waals surface area contributed by atoms with E-state index in [4.69, 9.17) is 19.8 Å².